The standard InChI is InChI=1S/C24H26N6O4S/c1-34-22-5-4-16-23(30-22)17(6-7-25-16)29-24(33)13-2-3-15(19(31)8-13)27-10-14-9-18-20(11-26-14)35-12-21(32)28-18/h4-7,9,11,13,15,19,27,31H,2-3,8,10,12H2,1H3,(H,28,32)(H,25,29,33)/t13-,15-,19-/m1/s1. The first-order valence-electron chi connectivity index (χ1n) is 11.4. The largest absolute Gasteiger partial charge is 0.481 e. The molecule has 1 aliphatic carbocycles. The van der Waals surface area contributed by atoms with Crippen molar-refractivity contribution >= 4 is 46.0 Å². The molecule has 10 nitrogen and oxygen atoms in total. The molecule has 0 unspecified atom stereocenters. The van der Waals surface area contributed by atoms with Crippen molar-refractivity contribution in [1.29, 1.82) is 0 Å². The molecule has 4 N–H and O–H groups in total. The van der Waals surface area contributed by atoms with Crippen molar-refractivity contribution in [2.45, 2.75) is 42.8 Å². The van der Waals surface area contributed by atoms with E-state index in [9.17, 15) is 14.7 Å². The first-order valence-corrected chi connectivity index (χ1v) is 12.4. The smallest absolute Gasteiger partial charge is 0.234 e. The number of amides is 2. The number of hydrogen-bond donors (Lipinski definition) is 4. The second kappa shape index (κ2) is 10.1. The van der Waals surface area contributed by atoms with Crippen LogP contribution in [0.25, 0.3) is 11.0 Å². The van der Waals surface area contributed by atoms with Crippen LogP contribution in [0, 0.1) is 5.92 Å². The average Bonchev–Trinajstić information content (AvgIpc) is 2.87. The molecule has 0 saturated heterocycles. The summed E-state index contributed by atoms with van der Waals surface area (Å²) in [4.78, 5) is 38.7. The molecule has 182 valence electrons. The summed E-state index contributed by atoms with van der Waals surface area (Å²) in [5, 5.41) is 19.9. The van der Waals surface area contributed by atoms with Crippen LogP contribution in [0.4, 0.5) is 11.4 Å². The molecule has 2 amide bonds. The number of fused-ring (bicyclic) bond motifs is 2. The van der Waals surface area contributed by atoms with Gasteiger partial charge in [0.15, 0.2) is 0 Å². The van der Waals surface area contributed by atoms with Gasteiger partial charge in [-0.25, -0.2) is 4.98 Å². The van der Waals surface area contributed by atoms with Crippen LogP contribution in [0.3, 0.4) is 0 Å². The number of aliphatic hydroxyl groups is 1. The first-order chi connectivity index (χ1) is 17.0. The fraction of sp³-hybridized carbons (Fsp3) is 0.375. The molecule has 3 aromatic heterocycles. The summed E-state index contributed by atoms with van der Waals surface area (Å²) in [6.07, 6.45) is 4.37. The van der Waals surface area contributed by atoms with Crippen LogP contribution in [0.1, 0.15) is 25.0 Å². The molecule has 3 aromatic rings. The highest BCUT2D eigenvalue weighted by atomic mass is 32.2. The summed E-state index contributed by atoms with van der Waals surface area (Å²) in [5.41, 5.74) is 3.34. The van der Waals surface area contributed by atoms with Gasteiger partial charge in [0, 0.05) is 41.9 Å². The number of carbonyl (C=O) groups excluding carboxylic acids is 2. The second-order valence-corrected chi connectivity index (χ2v) is 9.66. The Bertz CT molecular complexity index is 1270. The molecule has 0 bridgehead atoms. The summed E-state index contributed by atoms with van der Waals surface area (Å²) < 4.78 is 5.20. The van der Waals surface area contributed by atoms with Crippen LogP contribution in [-0.2, 0) is 16.1 Å². The number of carbonyl (C=O) groups is 2. The minimum atomic E-state index is -0.667. The number of rotatable bonds is 6. The van der Waals surface area contributed by atoms with E-state index in [1.807, 2.05) is 6.07 Å². The Morgan fingerprint density at radius 1 is 1.29 bits per heavy atom. The number of aromatic nitrogens is 3. The van der Waals surface area contributed by atoms with E-state index in [0.29, 0.717) is 54.2 Å². The van der Waals surface area contributed by atoms with Gasteiger partial charge in [0.25, 0.3) is 0 Å². The van der Waals surface area contributed by atoms with Crippen LogP contribution in [0.15, 0.2) is 41.6 Å². The van der Waals surface area contributed by atoms with Gasteiger partial charge in [0.1, 0.15) is 5.52 Å². The van der Waals surface area contributed by atoms with Crippen LogP contribution in [-0.4, -0.2) is 56.9 Å². The highest BCUT2D eigenvalue weighted by Gasteiger charge is 2.33. The molecule has 1 fully saturated rings. The lowest BCUT2D eigenvalue weighted by atomic mass is 9.83. The first kappa shape index (κ1) is 23.5. The number of aliphatic hydroxyl groups excluding tert-OH is 1. The minimum absolute atomic E-state index is 0.0192. The maximum atomic E-state index is 13.0. The van der Waals surface area contributed by atoms with Gasteiger partial charge in [-0.3, -0.25) is 19.6 Å². The van der Waals surface area contributed by atoms with Gasteiger partial charge >= 0.3 is 0 Å². The minimum Gasteiger partial charge on any atom is -0.481 e. The Morgan fingerprint density at radius 3 is 3.00 bits per heavy atom. The molecule has 0 aromatic carbocycles. The molecular weight excluding hydrogens is 468 g/mol. The van der Waals surface area contributed by atoms with Crippen molar-refractivity contribution in [1.82, 2.24) is 20.3 Å². The molecule has 11 heteroatoms. The van der Waals surface area contributed by atoms with E-state index in [1.54, 1.807) is 30.6 Å². The number of anilines is 2. The van der Waals surface area contributed by atoms with Crippen molar-refractivity contribution in [2.24, 2.45) is 5.92 Å². The van der Waals surface area contributed by atoms with Crippen molar-refractivity contribution in [2.75, 3.05) is 23.5 Å². The Kier molecular flexibility index (Phi) is 6.80. The third-order valence-corrected chi connectivity index (χ3v) is 7.36. The summed E-state index contributed by atoms with van der Waals surface area (Å²) >= 11 is 1.47. The SMILES string of the molecule is COc1ccc2nccc(NC(=O)[C@@H]3CC[C@@H](NCc4cc5c(cn4)SCC(=O)N5)[C@H](O)C3)c2n1. The van der Waals surface area contributed by atoms with Crippen LogP contribution in [0.5, 0.6) is 5.88 Å². The predicted molar refractivity (Wildman–Crippen MR) is 132 cm³/mol. The van der Waals surface area contributed by atoms with Crippen molar-refractivity contribution in [3.05, 3.63) is 42.4 Å². The average molecular weight is 495 g/mol. The number of ether oxygens (including phenoxy) is 1. The van der Waals surface area contributed by atoms with E-state index in [1.165, 1.54) is 18.9 Å². The molecular formula is C24H26N6O4S. The number of nitrogens with one attached hydrogen (secondary N) is 3. The maximum Gasteiger partial charge on any atom is 0.234 e. The molecule has 3 atom stereocenters. The van der Waals surface area contributed by atoms with Gasteiger partial charge in [-0.05, 0) is 37.5 Å². The lowest BCUT2D eigenvalue weighted by Crippen LogP contribution is -2.46. The lowest BCUT2D eigenvalue weighted by molar-refractivity contribution is -0.122. The highest BCUT2D eigenvalue weighted by Crippen LogP contribution is 2.31. The van der Waals surface area contributed by atoms with Crippen molar-refractivity contribution in [3.63, 3.8) is 0 Å². The Hall–Kier alpha value is -3.28. The molecule has 0 spiro atoms. The molecule has 1 saturated carbocycles. The lowest BCUT2D eigenvalue weighted by Gasteiger charge is -2.33. The van der Waals surface area contributed by atoms with E-state index in [0.717, 1.165) is 16.3 Å². The summed E-state index contributed by atoms with van der Waals surface area (Å²) in [7, 11) is 1.54. The third-order valence-electron chi connectivity index (χ3n) is 6.32. The summed E-state index contributed by atoms with van der Waals surface area (Å²) in [5.74, 6) is 0.360. The Morgan fingerprint density at radius 2 is 2.17 bits per heavy atom. The van der Waals surface area contributed by atoms with Crippen molar-refractivity contribution < 1.29 is 19.4 Å². The zero-order chi connectivity index (χ0) is 24.4. The summed E-state index contributed by atoms with van der Waals surface area (Å²) in [6, 6.07) is 6.94. The maximum absolute atomic E-state index is 13.0. The van der Waals surface area contributed by atoms with E-state index in [4.69, 9.17) is 4.74 Å². The molecule has 4 heterocycles. The van der Waals surface area contributed by atoms with Gasteiger partial charge in [-0.1, -0.05) is 0 Å². The third kappa shape index (κ3) is 5.21. The highest BCUT2D eigenvalue weighted by molar-refractivity contribution is 8.00. The number of methoxy groups -OCH3 is 1. The van der Waals surface area contributed by atoms with Gasteiger partial charge in [-0.2, -0.15) is 0 Å². The fourth-order valence-corrected chi connectivity index (χ4v) is 5.19. The fourth-order valence-electron chi connectivity index (χ4n) is 4.44. The zero-order valence-electron chi connectivity index (χ0n) is 19.2. The molecule has 5 rings (SSSR count). The molecule has 35 heavy (non-hydrogen) atoms. The molecule has 0 radical (unpaired) electrons. The second-order valence-electron chi connectivity index (χ2n) is 8.64. The topological polar surface area (TPSA) is 138 Å². The summed E-state index contributed by atoms with van der Waals surface area (Å²) in [6.45, 7) is 0.461. The number of thioether (sulfide) groups is 1. The van der Waals surface area contributed by atoms with E-state index in [-0.39, 0.29) is 23.8 Å². The van der Waals surface area contributed by atoms with Crippen molar-refractivity contribution in [3.8, 4) is 5.88 Å². The molecule has 2 aliphatic rings. The molecule has 1 aliphatic heterocycles. The van der Waals surface area contributed by atoms with Crippen LogP contribution in [0.2, 0.25) is 0 Å². The quantitative estimate of drug-likeness (QED) is 0.407. The normalized spacial score (nSPS) is 21.8. The zero-order valence-corrected chi connectivity index (χ0v) is 20.0. The van der Waals surface area contributed by atoms with Gasteiger partial charge < -0.3 is 25.8 Å². The number of nitrogens with zero attached hydrogens (tertiary/aromatic N) is 3. The van der Waals surface area contributed by atoms with Gasteiger partial charge in [0.2, 0.25) is 17.7 Å². The van der Waals surface area contributed by atoms with E-state index in [2.05, 4.69) is 30.9 Å². The van der Waals surface area contributed by atoms with E-state index >= 15 is 0 Å². The Balaban J connectivity index is 1.18. The van der Waals surface area contributed by atoms with E-state index < -0.39 is 6.10 Å². The van der Waals surface area contributed by atoms with Gasteiger partial charge in [0.05, 0.1) is 41.6 Å². The van der Waals surface area contributed by atoms with Crippen LogP contribution >= 0.6 is 11.8 Å². The van der Waals surface area contributed by atoms with Crippen LogP contribution < -0.4 is 20.7 Å². The monoisotopic (exact) mass is 494 g/mol. The predicted octanol–water partition coefficient (Wildman–Crippen LogP) is 2.34. The Labute approximate surface area is 206 Å². The van der Waals surface area contributed by atoms with Gasteiger partial charge in [-0.15, -0.1) is 11.8 Å². The number of hydrogen-bond acceptors (Lipinski definition) is 9. The number of pyridine rings is 3.